The first kappa shape index (κ1) is 24.9. The Labute approximate surface area is 209 Å². The zero-order valence-corrected chi connectivity index (χ0v) is 21.1. The van der Waals surface area contributed by atoms with Gasteiger partial charge in [-0.3, -0.25) is 9.69 Å². The third-order valence-corrected chi connectivity index (χ3v) is 6.63. The van der Waals surface area contributed by atoms with Gasteiger partial charge in [0, 0.05) is 12.1 Å². The van der Waals surface area contributed by atoms with Crippen LogP contribution in [0.5, 0.6) is 0 Å². The van der Waals surface area contributed by atoms with E-state index in [2.05, 4.69) is 16.9 Å². The number of carbonyl (C=O) groups excluding carboxylic acids is 1. The van der Waals surface area contributed by atoms with E-state index in [0.29, 0.717) is 11.6 Å². The maximum absolute atomic E-state index is 12.9. The number of hydrogen-bond acceptors (Lipinski definition) is 4. The van der Waals surface area contributed by atoms with E-state index in [1.165, 1.54) is 57.8 Å². The van der Waals surface area contributed by atoms with Crippen LogP contribution in [0, 0.1) is 0 Å². The molecule has 0 N–H and O–H groups in total. The first-order valence-electron chi connectivity index (χ1n) is 13.2. The number of amidine groups is 1. The van der Waals surface area contributed by atoms with Gasteiger partial charge in [0.1, 0.15) is 17.0 Å². The Hall–Kier alpha value is -3.21. The summed E-state index contributed by atoms with van der Waals surface area (Å²) < 4.78 is 5.85. The van der Waals surface area contributed by atoms with E-state index in [1.54, 1.807) is 0 Å². The summed E-state index contributed by atoms with van der Waals surface area (Å²) >= 11 is 0. The molecule has 1 amide bonds. The number of carbonyl (C=O) groups is 1. The molecule has 184 valence electrons. The van der Waals surface area contributed by atoms with Gasteiger partial charge in [0.05, 0.1) is 0 Å². The van der Waals surface area contributed by atoms with Gasteiger partial charge in [-0.05, 0) is 49.2 Å². The van der Waals surface area contributed by atoms with Crippen LogP contribution in [0.2, 0.25) is 0 Å². The van der Waals surface area contributed by atoms with Gasteiger partial charge in [-0.25, -0.2) is 9.98 Å². The molecule has 5 heteroatoms. The Morgan fingerprint density at radius 3 is 2.20 bits per heavy atom. The molecule has 0 aliphatic carbocycles. The number of aromatic nitrogens is 1. The van der Waals surface area contributed by atoms with E-state index in [0.717, 1.165) is 41.0 Å². The molecule has 3 aromatic rings. The fraction of sp³-hybridized carbons (Fsp3) is 0.433. The molecule has 0 atom stereocenters. The molecule has 0 spiro atoms. The SMILES string of the molecule is CCCCCCCCCCCCN1C(=O)/C(=C/c2ccc(-c3nc4ccccc4o3)cc2)N=C1C. The van der Waals surface area contributed by atoms with Crippen LogP contribution in [-0.4, -0.2) is 28.2 Å². The van der Waals surface area contributed by atoms with Crippen molar-refractivity contribution in [3.05, 3.63) is 59.8 Å². The van der Waals surface area contributed by atoms with Crippen LogP contribution in [0.25, 0.3) is 28.6 Å². The highest BCUT2D eigenvalue weighted by Crippen LogP contribution is 2.25. The first-order chi connectivity index (χ1) is 17.2. The number of unbranched alkanes of at least 4 members (excludes halogenated alkanes) is 9. The van der Waals surface area contributed by atoms with Crippen molar-refractivity contribution in [1.29, 1.82) is 0 Å². The molecule has 0 fully saturated rings. The van der Waals surface area contributed by atoms with Crippen molar-refractivity contribution in [2.24, 2.45) is 4.99 Å². The topological polar surface area (TPSA) is 58.7 Å². The van der Waals surface area contributed by atoms with Crippen LogP contribution < -0.4 is 0 Å². The number of aliphatic imine (C=N–C) groups is 1. The van der Waals surface area contributed by atoms with Crippen molar-refractivity contribution in [3.8, 4) is 11.5 Å². The lowest BCUT2D eigenvalue weighted by Crippen LogP contribution is -2.31. The molecular formula is C30H37N3O2. The van der Waals surface area contributed by atoms with Gasteiger partial charge in [-0.2, -0.15) is 0 Å². The van der Waals surface area contributed by atoms with Crippen molar-refractivity contribution in [3.63, 3.8) is 0 Å². The summed E-state index contributed by atoms with van der Waals surface area (Å²) in [4.78, 5) is 23.8. The van der Waals surface area contributed by atoms with E-state index < -0.39 is 0 Å². The normalized spacial score (nSPS) is 14.9. The minimum absolute atomic E-state index is 0.00134. The zero-order valence-electron chi connectivity index (χ0n) is 21.1. The number of nitrogens with zero attached hydrogens (tertiary/aromatic N) is 3. The molecule has 2 heterocycles. The van der Waals surface area contributed by atoms with Crippen LogP contribution in [0.15, 0.2) is 63.6 Å². The van der Waals surface area contributed by atoms with E-state index in [4.69, 9.17) is 4.42 Å². The van der Waals surface area contributed by atoms with E-state index >= 15 is 0 Å². The summed E-state index contributed by atoms with van der Waals surface area (Å²) in [6.07, 6.45) is 14.7. The molecule has 2 aromatic carbocycles. The molecular weight excluding hydrogens is 434 g/mol. The van der Waals surface area contributed by atoms with E-state index in [9.17, 15) is 4.79 Å². The third kappa shape index (κ3) is 6.68. The molecule has 0 radical (unpaired) electrons. The predicted octanol–water partition coefficient (Wildman–Crippen LogP) is 8.02. The number of hydrogen-bond donors (Lipinski definition) is 0. The quantitative estimate of drug-likeness (QED) is 0.187. The Balaban J connectivity index is 1.25. The van der Waals surface area contributed by atoms with E-state index in [1.807, 2.05) is 66.4 Å². The molecule has 0 saturated heterocycles. The van der Waals surface area contributed by atoms with Crippen LogP contribution in [0.4, 0.5) is 0 Å². The van der Waals surface area contributed by atoms with Gasteiger partial charge in [0.2, 0.25) is 5.89 Å². The zero-order chi connectivity index (χ0) is 24.5. The molecule has 0 unspecified atom stereocenters. The number of amides is 1. The van der Waals surface area contributed by atoms with Crippen molar-refractivity contribution in [2.45, 2.75) is 78.1 Å². The van der Waals surface area contributed by atoms with Crippen LogP contribution in [-0.2, 0) is 4.79 Å². The fourth-order valence-electron chi connectivity index (χ4n) is 4.56. The summed E-state index contributed by atoms with van der Waals surface area (Å²) in [6, 6.07) is 15.6. The largest absolute Gasteiger partial charge is 0.436 e. The molecule has 0 bridgehead atoms. The number of benzene rings is 2. The van der Waals surface area contributed by atoms with Gasteiger partial charge in [-0.15, -0.1) is 0 Å². The van der Waals surface area contributed by atoms with Crippen molar-refractivity contribution in [1.82, 2.24) is 9.88 Å². The predicted molar refractivity (Wildman–Crippen MR) is 144 cm³/mol. The molecule has 1 aliphatic heterocycles. The second kappa shape index (κ2) is 12.5. The van der Waals surface area contributed by atoms with Crippen LogP contribution >= 0.6 is 0 Å². The minimum atomic E-state index is 0.00134. The maximum atomic E-state index is 12.9. The maximum Gasteiger partial charge on any atom is 0.277 e. The molecule has 1 aromatic heterocycles. The highest BCUT2D eigenvalue weighted by molar-refractivity contribution is 6.13. The summed E-state index contributed by atoms with van der Waals surface area (Å²) in [6.45, 7) is 4.93. The molecule has 1 aliphatic rings. The second-order valence-corrected chi connectivity index (χ2v) is 9.44. The smallest absolute Gasteiger partial charge is 0.277 e. The Bertz CT molecular complexity index is 1140. The number of oxazole rings is 1. The fourth-order valence-corrected chi connectivity index (χ4v) is 4.56. The van der Waals surface area contributed by atoms with Crippen molar-refractivity contribution >= 4 is 28.9 Å². The number of rotatable bonds is 13. The summed E-state index contributed by atoms with van der Waals surface area (Å²) in [5, 5.41) is 0. The average Bonchev–Trinajstić information content (AvgIpc) is 3.42. The van der Waals surface area contributed by atoms with Gasteiger partial charge >= 0.3 is 0 Å². The second-order valence-electron chi connectivity index (χ2n) is 9.44. The molecule has 0 saturated carbocycles. The third-order valence-electron chi connectivity index (χ3n) is 6.63. The standard InChI is InChI=1S/C30H37N3O2/c1-3-4-5-6-7-8-9-10-11-14-21-33-23(2)31-27(30(33)34)22-24-17-19-25(20-18-24)29-32-26-15-12-13-16-28(26)35-29/h12-13,15-20,22H,3-11,14,21H2,1-2H3/b27-22-. The lowest BCUT2D eigenvalue weighted by atomic mass is 10.1. The Kier molecular flexibility index (Phi) is 8.88. The molecule has 4 rings (SSSR count). The first-order valence-corrected chi connectivity index (χ1v) is 13.2. The lowest BCUT2D eigenvalue weighted by Gasteiger charge is -2.15. The van der Waals surface area contributed by atoms with Crippen molar-refractivity contribution in [2.75, 3.05) is 6.54 Å². The van der Waals surface area contributed by atoms with Crippen LogP contribution in [0.3, 0.4) is 0 Å². The highest BCUT2D eigenvalue weighted by atomic mass is 16.3. The van der Waals surface area contributed by atoms with Gasteiger partial charge in [0.15, 0.2) is 5.58 Å². The lowest BCUT2D eigenvalue weighted by molar-refractivity contribution is -0.122. The highest BCUT2D eigenvalue weighted by Gasteiger charge is 2.26. The Morgan fingerprint density at radius 2 is 1.51 bits per heavy atom. The van der Waals surface area contributed by atoms with E-state index in [-0.39, 0.29) is 5.91 Å². The van der Waals surface area contributed by atoms with Gasteiger partial charge in [0.25, 0.3) is 5.91 Å². The van der Waals surface area contributed by atoms with Gasteiger partial charge in [-0.1, -0.05) is 89.0 Å². The summed E-state index contributed by atoms with van der Waals surface area (Å²) in [7, 11) is 0. The molecule has 35 heavy (non-hydrogen) atoms. The monoisotopic (exact) mass is 471 g/mol. The Morgan fingerprint density at radius 1 is 0.857 bits per heavy atom. The number of fused-ring (bicyclic) bond motifs is 1. The van der Waals surface area contributed by atoms with Crippen molar-refractivity contribution < 1.29 is 9.21 Å². The number of para-hydroxylation sites is 2. The van der Waals surface area contributed by atoms with Gasteiger partial charge < -0.3 is 4.42 Å². The summed E-state index contributed by atoms with van der Waals surface area (Å²) in [5.41, 5.74) is 3.97. The van der Waals surface area contributed by atoms with Crippen LogP contribution in [0.1, 0.15) is 83.6 Å². The minimum Gasteiger partial charge on any atom is -0.436 e. The summed E-state index contributed by atoms with van der Waals surface area (Å²) in [5.74, 6) is 1.39. The molecule has 5 nitrogen and oxygen atoms in total. The average molecular weight is 472 g/mol.